The van der Waals surface area contributed by atoms with Gasteiger partial charge in [-0.25, -0.2) is 9.59 Å². The molecule has 3 aromatic carbocycles. The summed E-state index contributed by atoms with van der Waals surface area (Å²) in [5, 5.41) is 21.5. The zero-order chi connectivity index (χ0) is 31.4. The maximum absolute atomic E-state index is 13.1. The highest BCUT2D eigenvalue weighted by atomic mass is 35.5. The Hall–Kier alpha value is -4.06. The number of halogens is 2. The Labute approximate surface area is 259 Å². The number of ether oxygens (including phenoxy) is 4. The van der Waals surface area contributed by atoms with Crippen molar-refractivity contribution >= 4 is 41.0 Å². The third kappa shape index (κ3) is 10.9. The van der Waals surface area contributed by atoms with Crippen molar-refractivity contribution in [2.45, 2.75) is 32.8 Å². The number of carbonyl (C=O) groups is 2. The van der Waals surface area contributed by atoms with E-state index in [1.165, 1.54) is 23.1 Å². The van der Waals surface area contributed by atoms with E-state index in [4.69, 9.17) is 42.1 Å². The van der Waals surface area contributed by atoms with Gasteiger partial charge in [-0.1, -0.05) is 35.3 Å². The number of nitro benzene ring substituents is 1. The number of carbonyl (C=O) groups excluding carboxylic acids is 1. The Morgan fingerprint density at radius 1 is 0.930 bits per heavy atom. The van der Waals surface area contributed by atoms with Crippen molar-refractivity contribution in [3.8, 4) is 17.2 Å². The van der Waals surface area contributed by atoms with Crippen molar-refractivity contribution in [3.05, 3.63) is 92.0 Å². The maximum atomic E-state index is 13.1. The summed E-state index contributed by atoms with van der Waals surface area (Å²) in [6.07, 6.45) is -1.01. The second kappa shape index (κ2) is 16.5. The highest BCUT2D eigenvalue weighted by Gasteiger charge is 2.20. The summed E-state index contributed by atoms with van der Waals surface area (Å²) in [7, 11) is 0. The summed E-state index contributed by atoms with van der Waals surface area (Å²) in [6, 6.07) is 16.0. The second-order valence-corrected chi connectivity index (χ2v) is 10.2. The van der Waals surface area contributed by atoms with Gasteiger partial charge in [-0.2, -0.15) is 0 Å². The molecule has 1 atom stereocenters. The molecule has 0 saturated carbocycles. The van der Waals surface area contributed by atoms with Crippen LogP contribution < -0.4 is 14.2 Å². The third-order valence-electron chi connectivity index (χ3n) is 6.14. The van der Waals surface area contributed by atoms with Crippen molar-refractivity contribution < 1.29 is 38.6 Å². The second-order valence-electron chi connectivity index (χ2n) is 9.35. The van der Waals surface area contributed by atoms with Gasteiger partial charge < -0.3 is 29.0 Å². The fourth-order valence-corrected chi connectivity index (χ4v) is 4.50. The van der Waals surface area contributed by atoms with Gasteiger partial charge in [0.2, 0.25) is 0 Å². The molecule has 0 aromatic heterocycles. The molecule has 13 heteroatoms. The Kier molecular flexibility index (Phi) is 12.9. The van der Waals surface area contributed by atoms with Gasteiger partial charge in [0.1, 0.15) is 23.9 Å². The molecular formula is C30H32Cl2N2O9. The van der Waals surface area contributed by atoms with Crippen LogP contribution in [0.25, 0.3) is 0 Å². The van der Waals surface area contributed by atoms with Crippen molar-refractivity contribution in [1.29, 1.82) is 0 Å². The Balaban J connectivity index is 1.61. The molecule has 0 bridgehead atoms. The van der Waals surface area contributed by atoms with Crippen molar-refractivity contribution in [3.63, 3.8) is 0 Å². The first-order valence-electron chi connectivity index (χ1n) is 13.4. The fourth-order valence-electron chi connectivity index (χ4n) is 3.99. The van der Waals surface area contributed by atoms with Crippen LogP contribution in [0.4, 0.5) is 10.5 Å². The molecule has 11 nitrogen and oxygen atoms in total. The number of nitro groups is 1. The minimum Gasteiger partial charge on any atom is -0.493 e. The number of aryl methyl sites for hydroxylation is 1. The number of hydrogen-bond donors (Lipinski definition) is 1. The van der Waals surface area contributed by atoms with E-state index in [1.807, 2.05) is 0 Å². The highest BCUT2D eigenvalue weighted by molar-refractivity contribution is 6.34. The van der Waals surface area contributed by atoms with Crippen molar-refractivity contribution in [2.24, 2.45) is 0 Å². The lowest BCUT2D eigenvalue weighted by atomic mass is 10.1. The SMILES string of the molecule is CCOC(Cc1ccc(OCCN(CCCOc2cc(Cl)cc(Cl)c2)C(=O)Oc2ccc(C)c([N+](=O)[O-])c2)cc1)C(=O)O. The number of carboxylic acids is 1. The number of carboxylic acid groups (broad SMARTS) is 1. The first kappa shape index (κ1) is 33.4. The summed E-state index contributed by atoms with van der Waals surface area (Å²) in [5.74, 6) is 0.0217. The number of aliphatic carboxylic acids is 1. The summed E-state index contributed by atoms with van der Waals surface area (Å²) < 4.78 is 22.2. The first-order chi connectivity index (χ1) is 20.5. The Morgan fingerprint density at radius 3 is 2.21 bits per heavy atom. The van der Waals surface area contributed by atoms with Gasteiger partial charge in [-0.05, 0) is 68.3 Å². The minimum atomic E-state index is -1.03. The molecule has 1 unspecified atom stereocenters. The van der Waals surface area contributed by atoms with Crippen LogP contribution in [0.1, 0.15) is 24.5 Å². The minimum absolute atomic E-state index is 0.0420. The molecule has 3 aromatic rings. The Morgan fingerprint density at radius 2 is 1.58 bits per heavy atom. The summed E-state index contributed by atoms with van der Waals surface area (Å²) in [4.78, 5) is 36.6. The van der Waals surface area contributed by atoms with Crippen LogP contribution in [0.15, 0.2) is 60.7 Å². The lowest BCUT2D eigenvalue weighted by molar-refractivity contribution is -0.385. The summed E-state index contributed by atoms with van der Waals surface area (Å²) >= 11 is 12.0. The van der Waals surface area contributed by atoms with Crippen LogP contribution in [-0.4, -0.2) is 66.0 Å². The van der Waals surface area contributed by atoms with Crippen LogP contribution in [0.5, 0.6) is 17.2 Å². The van der Waals surface area contributed by atoms with Crippen LogP contribution in [0, 0.1) is 17.0 Å². The summed E-state index contributed by atoms with van der Waals surface area (Å²) in [6.45, 7) is 4.36. The normalized spacial score (nSPS) is 11.4. The molecule has 3 rings (SSSR count). The topological polar surface area (TPSA) is 138 Å². The predicted molar refractivity (Wildman–Crippen MR) is 161 cm³/mol. The molecule has 0 spiro atoms. The monoisotopic (exact) mass is 634 g/mol. The van der Waals surface area contributed by atoms with Crippen molar-refractivity contribution in [2.75, 3.05) is 32.9 Å². The molecule has 0 aliphatic carbocycles. The predicted octanol–water partition coefficient (Wildman–Crippen LogP) is 6.59. The molecule has 0 aliphatic rings. The zero-order valence-corrected chi connectivity index (χ0v) is 25.2. The zero-order valence-electron chi connectivity index (χ0n) is 23.7. The van der Waals surface area contributed by atoms with Gasteiger partial charge in [0.15, 0.2) is 6.10 Å². The van der Waals surface area contributed by atoms with Crippen LogP contribution in [-0.2, 0) is 16.0 Å². The molecule has 0 heterocycles. The number of benzene rings is 3. The maximum Gasteiger partial charge on any atom is 0.415 e. The van der Waals surface area contributed by atoms with Crippen molar-refractivity contribution in [1.82, 2.24) is 4.90 Å². The third-order valence-corrected chi connectivity index (χ3v) is 6.57. The first-order valence-corrected chi connectivity index (χ1v) is 14.2. The largest absolute Gasteiger partial charge is 0.493 e. The van der Waals surface area contributed by atoms with Gasteiger partial charge in [-0.3, -0.25) is 10.1 Å². The van der Waals surface area contributed by atoms with E-state index in [1.54, 1.807) is 56.3 Å². The van der Waals surface area contributed by atoms with Crippen LogP contribution in [0.3, 0.4) is 0 Å². The molecule has 1 N–H and O–H groups in total. The molecule has 230 valence electrons. The molecular weight excluding hydrogens is 603 g/mol. The number of nitrogens with zero attached hydrogens (tertiary/aromatic N) is 2. The lowest BCUT2D eigenvalue weighted by Gasteiger charge is -2.22. The number of amides is 1. The van der Waals surface area contributed by atoms with E-state index in [0.717, 1.165) is 5.56 Å². The van der Waals surface area contributed by atoms with E-state index in [0.29, 0.717) is 40.1 Å². The number of rotatable bonds is 16. The highest BCUT2D eigenvalue weighted by Crippen LogP contribution is 2.25. The summed E-state index contributed by atoms with van der Waals surface area (Å²) in [5.41, 5.74) is 1.05. The van der Waals surface area contributed by atoms with E-state index < -0.39 is 23.1 Å². The van der Waals surface area contributed by atoms with E-state index in [2.05, 4.69) is 0 Å². The van der Waals surface area contributed by atoms with Gasteiger partial charge in [0.05, 0.1) is 24.1 Å². The smallest absolute Gasteiger partial charge is 0.415 e. The van der Waals surface area contributed by atoms with Gasteiger partial charge >= 0.3 is 12.1 Å². The number of hydrogen-bond acceptors (Lipinski definition) is 8. The standard InChI is InChI=1S/C30H32Cl2N2O9/c1-3-40-28(29(35)36)15-21-6-9-24(10-7-21)42-14-12-33(11-4-13-41-26-17-22(31)16-23(32)18-26)30(37)43-25-8-5-20(2)27(19-25)34(38)39/h5-10,16-19,28H,3-4,11-15H2,1-2H3,(H,35,36). The lowest BCUT2D eigenvalue weighted by Crippen LogP contribution is -2.38. The molecule has 0 saturated heterocycles. The quantitative estimate of drug-likeness (QED) is 0.105. The molecule has 43 heavy (non-hydrogen) atoms. The van der Waals surface area contributed by atoms with Crippen LogP contribution in [0.2, 0.25) is 10.0 Å². The van der Waals surface area contributed by atoms with E-state index >= 15 is 0 Å². The Bertz CT molecular complexity index is 1380. The van der Waals surface area contributed by atoms with Crippen LogP contribution >= 0.6 is 23.2 Å². The van der Waals surface area contributed by atoms with Gasteiger partial charge in [0.25, 0.3) is 5.69 Å². The molecule has 0 radical (unpaired) electrons. The van der Waals surface area contributed by atoms with E-state index in [-0.39, 0.29) is 44.2 Å². The average Bonchev–Trinajstić information content (AvgIpc) is 2.95. The van der Waals surface area contributed by atoms with E-state index in [9.17, 15) is 24.8 Å². The molecule has 0 aliphatic heterocycles. The molecule has 0 fully saturated rings. The average molecular weight is 635 g/mol. The van der Waals surface area contributed by atoms with Gasteiger partial charge in [-0.15, -0.1) is 0 Å². The fraction of sp³-hybridized carbons (Fsp3) is 0.333. The van der Waals surface area contributed by atoms with Gasteiger partial charge in [0, 0.05) is 35.2 Å². The molecule has 1 amide bonds.